The Bertz CT molecular complexity index is 1220. The van der Waals surface area contributed by atoms with Gasteiger partial charge in [-0.1, -0.05) is 51.1 Å². The van der Waals surface area contributed by atoms with E-state index in [9.17, 15) is 27.9 Å². The SMILES string of the molecule is CC(C)(C)C(NC(=O)c1nn(Cc2ccc(C(F)(F)F)cc2)c2ccccc12)C(=O)NC[C@@H](O)CO. The van der Waals surface area contributed by atoms with Gasteiger partial charge in [-0.25, -0.2) is 0 Å². The number of aliphatic hydroxyl groups excluding tert-OH is 2. The molecule has 0 aliphatic carbocycles. The quantitative estimate of drug-likeness (QED) is 0.375. The summed E-state index contributed by atoms with van der Waals surface area (Å²) >= 11 is 0. The van der Waals surface area contributed by atoms with Crippen LogP contribution in [0.2, 0.25) is 0 Å². The Labute approximate surface area is 206 Å². The molecule has 1 unspecified atom stereocenters. The van der Waals surface area contributed by atoms with Crippen molar-refractivity contribution in [3.8, 4) is 0 Å². The summed E-state index contributed by atoms with van der Waals surface area (Å²) in [5.74, 6) is -1.13. The summed E-state index contributed by atoms with van der Waals surface area (Å²) in [4.78, 5) is 26.0. The summed E-state index contributed by atoms with van der Waals surface area (Å²) in [6.45, 7) is 4.73. The number of fused-ring (bicyclic) bond motifs is 1. The number of carbonyl (C=O) groups is 2. The molecule has 1 heterocycles. The first kappa shape index (κ1) is 27.2. The molecule has 3 rings (SSSR count). The summed E-state index contributed by atoms with van der Waals surface area (Å²) in [5, 5.41) is 28.7. The minimum absolute atomic E-state index is 0.0648. The van der Waals surface area contributed by atoms with Gasteiger partial charge in [0.15, 0.2) is 5.69 Å². The largest absolute Gasteiger partial charge is 0.416 e. The molecule has 2 amide bonds. The third kappa shape index (κ3) is 6.41. The average molecular weight is 507 g/mol. The van der Waals surface area contributed by atoms with E-state index in [-0.39, 0.29) is 18.8 Å². The Hall–Kier alpha value is -3.44. The van der Waals surface area contributed by atoms with Crippen molar-refractivity contribution in [3.63, 3.8) is 0 Å². The van der Waals surface area contributed by atoms with Crippen molar-refractivity contribution in [1.82, 2.24) is 20.4 Å². The fourth-order valence-corrected chi connectivity index (χ4v) is 3.65. The number of nitrogens with one attached hydrogen (secondary N) is 2. The molecule has 0 aliphatic heterocycles. The van der Waals surface area contributed by atoms with E-state index in [1.807, 2.05) is 0 Å². The maximum atomic E-state index is 13.3. The van der Waals surface area contributed by atoms with Gasteiger partial charge < -0.3 is 20.8 Å². The molecule has 2 aromatic carbocycles. The van der Waals surface area contributed by atoms with Gasteiger partial charge in [-0.15, -0.1) is 0 Å². The summed E-state index contributed by atoms with van der Waals surface area (Å²) in [6.07, 6.45) is -5.57. The Morgan fingerprint density at radius 3 is 2.28 bits per heavy atom. The third-order valence-electron chi connectivity index (χ3n) is 5.61. The number of hydrogen-bond acceptors (Lipinski definition) is 5. The number of hydrogen-bond donors (Lipinski definition) is 4. The zero-order valence-electron chi connectivity index (χ0n) is 20.1. The zero-order chi connectivity index (χ0) is 26.7. The normalized spacial score (nSPS) is 13.9. The van der Waals surface area contributed by atoms with E-state index in [1.165, 1.54) is 16.8 Å². The van der Waals surface area contributed by atoms with Crippen LogP contribution >= 0.6 is 0 Å². The molecule has 3 aromatic rings. The first-order valence-electron chi connectivity index (χ1n) is 11.3. The number of para-hydroxylation sites is 1. The van der Waals surface area contributed by atoms with Crippen LogP contribution in [-0.4, -0.2) is 57.1 Å². The summed E-state index contributed by atoms with van der Waals surface area (Å²) in [5.41, 5.74) is -0.213. The number of benzene rings is 2. The van der Waals surface area contributed by atoms with Crippen molar-refractivity contribution in [2.24, 2.45) is 5.41 Å². The molecule has 4 N–H and O–H groups in total. The van der Waals surface area contributed by atoms with Gasteiger partial charge in [0.05, 0.1) is 30.3 Å². The molecule has 0 radical (unpaired) electrons. The molecular weight excluding hydrogens is 477 g/mol. The topological polar surface area (TPSA) is 116 Å². The van der Waals surface area contributed by atoms with Gasteiger partial charge in [0.1, 0.15) is 6.04 Å². The van der Waals surface area contributed by atoms with Crippen LogP contribution in [0.5, 0.6) is 0 Å². The van der Waals surface area contributed by atoms with Gasteiger partial charge in [0.25, 0.3) is 5.91 Å². The lowest BCUT2D eigenvalue weighted by atomic mass is 9.86. The Kier molecular flexibility index (Phi) is 8.05. The molecule has 0 fully saturated rings. The smallest absolute Gasteiger partial charge is 0.394 e. The fourth-order valence-electron chi connectivity index (χ4n) is 3.65. The van der Waals surface area contributed by atoms with Crippen LogP contribution in [0.15, 0.2) is 48.5 Å². The minimum Gasteiger partial charge on any atom is -0.394 e. The molecule has 0 saturated carbocycles. The molecule has 2 atom stereocenters. The lowest BCUT2D eigenvalue weighted by Crippen LogP contribution is -2.54. The van der Waals surface area contributed by atoms with E-state index in [0.29, 0.717) is 16.5 Å². The number of alkyl halides is 3. The van der Waals surface area contributed by atoms with Crippen LogP contribution in [0.1, 0.15) is 42.4 Å². The predicted octanol–water partition coefficient (Wildman–Crippen LogP) is 2.72. The lowest BCUT2D eigenvalue weighted by Gasteiger charge is -2.30. The predicted molar refractivity (Wildman–Crippen MR) is 127 cm³/mol. The Balaban J connectivity index is 1.87. The van der Waals surface area contributed by atoms with E-state index < -0.39 is 47.7 Å². The number of halogens is 3. The maximum Gasteiger partial charge on any atom is 0.416 e. The number of rotatable bonds is 8. The standard InChI is InChI=1S/C25H29F3N4O4/c1-24(2,3)21(23(36)29-12-17(34)14-33)30-22(35)20-18-6-4-5-7-19(18)32(31-20)13-15-8-10-16(11-9-15)25(26,27)28/h4-11,17,21,33-34H,12-14H2,1-3H3,(H,29,36)(H,30,35)/t17-,21?/m1/s1. The summed E-state index contributed by atoms with van der Waals surface area (Å²) in [6, 6.07) is 10.7. The molecule has 0 aliphatic rings. The van der Waals surface area contributed by atoms with Gasteiger partial charge in [-0.05, 0) is 29.2 Å². The van der Waals surface area contributed by atoms with Gasteiger partial charge >= 0.3 is 6.18 Å². The van der Waals surface area contributed by atoms with Crippen molar-refractivity contribution in [2.75, 3.05) is 13.2 Å². The van der Waals surface area contributed by atoms with Crippen molar-refractivity contribution >= 4 is 22.7 Å². The summed E-state index contributed by atoms with van der Waals surface area (Å²) < 4.78 is 40.2. The Morgan fingerprint density at radius 1 is 1.06 bits per heavy atom. The monoisotopic (exact) mass is 506 g/mol. The Morgan fingerprint density at radius 2 is 1.69 bits per heavy atom. The first-order chi connectivity index (χ1) is 16.8. The molecule has 36 heavy (non-hydrogen) atoms. The minimum atomic E-state index is -4.44. The zero-order valence-corrected chi connectivity index (χ0v) is 20.1. The second kappa shape index (κ2) is 10.7. The second-order valence-electron chi connectivity index (χ2n) is 9.57. The molecular formula is C25H29F3N4O4. The number of aromatic nitrogens is 2. The first-order valence-corrected chi connectivity index (χ1v) is 11.3. The van der Waals surface area contributed by atoms with Crippen LogP contribution in [0, 0.1) is 5.41 Å². The maximum absolute atomic E-state index is 13.3. The number of amides is 2. The van der Waals surface area contributed by atoms with Gasteiger partial charge in [-0.3, -0.25) is 14.3 Å². The number of nitrogens with zero attached hydrogens (tertiary/aromatic N) is 2. The molecule has 8 nitrogen and oxygen atoms in total. The van der Waals surface area contributed by atoms with E-state index in [1.54, 1.807) is 45.0 Å². The van der Waals surface area contributed by atoms with Crippen molar-refractivity contribution in [3.05, 3.63) is 65.4 Å². The van der Waals surface area contributed by atoms with Crippen molar-refractivity contribution < 1.29 is 33.0 Å². The van der Waals surface area contributed by atoms with Crippen molar-refractivity contribution in [2.45, 2.75) is 45.6 Å². The second-order valence-corrected chi connectivity index (χ2v) is 9.57. The average Bonchev–Trinajstić information content (AvgIpc) is 3.18. The highest BCUT2D eigenvalue weighted by Gasteiger charge is 2.34. The van der Waals surface area contributed by atoms with Gasteiger partial charge in [0, 0.05) is 11.9 Å². The van der Waals surface area contributed by atoms with E-state index in [0.717, 1.165) is 12.1 Å². The van der Waals surface area contributed by atoms with Crippen LogP contribution in [0.25, 0.3) is 10.9 Å². The molecule has 0 spiro atoms. The van der Waals surface area contributed by atoms with Crippen molar-refractivity contribution in [1.29, 1.82) is 0 Å². The van der Waals surface area contributed by atoms with Crippen LogP contribution < -0.4 is 10.6 Å². The van der Waals surface area contributed by atoms with E-state index in [4.69, 9.17) is 5.11 Å². The molecule has 11 heteroatoms. The highest BCUT2D eigenvalue weighted by atomic mass is 19.4. The molecule has 1 aromatic heterocycles. The number of carbonyl (C=O) groups excluding carboxylic acids is 2. The van der Waals surface area contributed by atoms with Crippen LogP contribution in [-0.2, 0) is 17.5 Å². The molecule has 194 valence electrons. The van der Waals surface area contributed by atoms with Crippen LogP contribution in [0.3, 0.4) is 0 Å². The molecule has 0 bridgehead atoms. The number of aliphatic hydroxyl groups is 2. The fraction of sp³-hybridized carbons (Fsp3) is 0.400. The summed E-state index contributed by atoms with van der Waals surface area (Å²) in [7, 11) is 0. The lowest BCUT2D eigenvalue weighted by molar-refractivity contribution is -0.137. The van der Waals surface area contributed by atoms with E-state index in [2.05, 4.69) is 15.7 Å². The van der Waals surface area contributed by atoms with Gasteiger partial charge in [-0.2, -0.15) is 18.3 Å². The highest BCUT2D eigenvalue weighted by Crippen LogP contribution is 2.29. The van der Waals surface area contributed by atoms with E-state index >= 15 is 0 Å². The molecule has 0 saturated heterocycles. The van der Waals surface area contributed by atoms with Crippen LogP contribution in [0.4, 0.5) is 13.2 Å². The third-order valence-corrected chi connectivity index (χ3v) is 5.61. The van der Waals surface area contributed by atoms with Gasteiger partial charge in [0.2, 0.25) is 5.91 Å². The highest BCUT2D eigenvalue weighted by molar-refractivity contribution is 6.06.